The number of carbonyl (C=O) groups excluding carboxylic acids is 3. The van der Waals surface area contributed by atoms with Crippen LogP contribution in [0, 0.1) is 11.8 Å². The number of aliphatic hydroxyl groups is 3. The second-order valence-electron chi connectivity index (χ2n) is 9.75. The number of hydrogen-bond donors (Lipinski definition) is 6. The van der Waals surface area contributed by atoms with E-state index in [1.807, 2.05) is 24.3 Å². The predicted octanol–water partition coefficient (Wildman–Crippen LogP) is 1.79. The Balaban J connectivity index is 1.57. The minimum Gasteiger partial charge on any atom is -0.508 e. The van der Waals surface area contributed by atoms with Crippen molar-refractivity contribution in [3.63, 3.8) is 0 Å². The second kappa shape index (κ2) is 8.23. The molecular formula is C27H26N2O7. The molecule has 3 unspecified atom stereocenters. The van der Waals surface area contributed by atoms with Crippen molar-refractivity contribution in [2.45, 2.75) is 37.7 Å². The molecule has 3 aliphatic rings. The summed E-state index contributed by atoms with van der Waals surface area (Å²) in [6.45, 7) is 0. The number of primary amides is 1. The molecule has 9 nitrogen and oxygen atoms in total. The quantitative estimate of drug-likeness (QED) is 0.277. The highest BCUT2D eigenvalue weighted by Crippen LogP contribution is 2.52. The van der Waals surface area contributed by atoms with E-state index >= 15 is 0 Å². The van der Waals surface area contributed by atoms with Crippen molar-refractivity contribution in [1.82, 2.24) is 0 Å². The summed E-state index contributed by atoms with van der Waals surface area (Å²) in [5.74, 6) is -6.29. The third-order valence-corrected chi connectivity index (χ3v) is 7.71. The number of anilines is 1. The van der Waals surface area contributed by atoms with Crippen molar-refractivity contribution < 1.29 is 34.8 Å². The van der Waals surface area contributed by atoms with Crippen molar-refractivity contribution in [3.05, 3.63) is 75.6 Å². The van der Waals surface area contributed by atoms with Crippen molar-refractivity contribution in [1.29, 1.82) is 0 Å². The van der Waals surface area contributed by atoms with Gasteiger partial charge in [0.25, 0.3) is 5.91 Å². The van der Waals surface area contributed by atoms with Gasteiger partial charge in [-0.1, -0.05) is 18.2 Å². The maximum atomic E-state index is 13.5. The number of hydrogen-bond acceptors (Lipinski definition) is 8. The molecular weight excluding hydrogens is 464 g/mol. The van der Waals surface area contributed by atoms with Gasteiger partial charge >= 0.3 is 0 Å². The van der Waals surface area contributed by atoms with Gasteiger partial charge < -0.3 is 31.9 Å². The molecule has 2 aromatic rings. The summed E-state index contributed by atoms with van der Waals surface area (Å²) >= 11 is 0. The zero-order chi connectivity index (χ0) is 25.9. The van der Waals surface area contributed by atoms with E-state index in [0.29, 0.717) is 30.5 Å². The number of aliphatic hydroxyl groups excluding tert-OH is 2. The molecule has 0 aliphatic heterocycles. The van der Waals surface area contributed by atoms with Crippen LogP contribution in [0.5, 0.6) is 5.75 Å². The first-order valence-electron chi connectivity index (χ1n) is 11.7. The lowest BCUT2D eigenvalue weighted by Gasteiger charge is -2.46. The molecule has 1 amide bonds. The van der Waals surface area contributed by atoms with Crippen molar-refractivity contribution in [2.75, 3.05) is 5.73 Å². The Labute approximate surface area is 206 Å². The van der Waals surface area contributed by atoms with E-state index in [9.17, 15) is 34.8 Å². The molecule has 0 spiro atoms. The average molecular weight is 491 g/mol. The Bertz CT molecular complexity index is 1390. The van der Waals surface area contributed by atoms with Crippen LogP contribution in [0.2, 0.25) is 0 Å². The number of phenols is 1. The maximum Gasteiger partial charge on any atom is 0.255 e. The van der Waals surface area contributed by atoms with Crippen LogP contribution in [0.1, 0.15) is 35.1 Å². The lowest BCUT2D eigenvalue weighted by molar-refractivity contribution is -0.147. The van der Waals surface area contributed by atoms with Crippen LogP contribution >= 0.6 is 0 Å². The smallest absolute Gasteiger partial charge is 0.255 e. The maximum absolute atomic E-state index is 13.5. The number of phenolic OH excluding ortho intramolecular Hbond substituents is 1. The lowest BCUT2D eigenvalue weighted by atomic mass is 9.59. The standard InChI is InChI=1S/C27H26N2O7/c28-16-6-2-12(3-7-16)1-4-13-5-8-18(30)21-17(13)10-14-9-15-11-19(31)22(26(29)35)25(34)27(15,36)24(33)20(14)23(21)32/h2-3,5-8,14-15,30,32,34,36H,1,4,9-11,28H2,(H2,29,35). The van der Waals surface area contributed by atoms with Crippen LogP contribution in [0.3, 0.4) is 0 Å². The molecule has 36 heavy (non-hydrogen) atoms. The van der Waals surface area contributed by atoms with Gasteiger partial charge in [0.1, 0.15) is 22.8 Å². The monoisotopic (exact) mass is 490 g/mol. The summed E-state index contributed by atoms with van der Waals surface area (Å²) in [6.07, 6.45) is 1.35. The van der Waals surface area contributed by atoms with Gasteiger partial charge in [-0.15, -0.1) is 0 Å². The molecule has 0 aromatic heterocycles. The first-order chi connectivity index (χ1) is 17.0. The molecule has 8 N–H and O–H groups in total. The van der Waals surface area contributed by atoms with E-state index in [0.717, 1.165) is 11.1 Å². The molecule has 186 valence electrons. The number of fused-ring (bicyclic) bond motifs is 3. The molecule has 5 rings (SSSR count). The van der Waals surface area contributed by atoms with Gasteiger partial charge in [-0.2, -0.15) is 0 Å². The first-order valence-corrected chi connectivity index (χ1v) is 11.7. The van der Waals surface area contributed by atoms with E-state index < -0.39 is 52.0 Å². The third-order valence-electron chi connectivity index (χ3n) is 7.71. The first kappa shape index (κ1) is 23.6. The summed E-state index contributed by atoms with van der Waals surface area (Å²) in [6, 6.07) is 10.7. The Morgan fingerprint density at radius 3 is 2.36 bits per heavy atom. The number of benzene rings is 2. The molecule has 1 fully saturated rings. The van der Waals surface area contributed by atoms with Gasteiger partial charge in [-0.25, -0.2) is 0 Å². The average Bonchev–Trinajstić information content (AvgIpc) is 2.81. The zero-order valence-electron chi connectivity index (χ0n) is 19.3. The van der Waals surface area contributed by atoms with Crippen molar-refractivity contribution in [3.8, 4) is 5.75 Å². The molecule has 9 heteroatoms. The molecule has 2 aromatic carbocycles. The number of nitrogen functional groups attached to an aromatic ring is 1. The summed E-state index contributed by atoms with van der Waals surface area (Å²) in [7, 11) is 0. The Morgan fingerprint density at radius 2 is 1.69 bits per heavy atom. The fourth-order valence-corrected chi connectivity index (χ4v) is 5.88. The van der Waals surface area contributed by atoms with Crippen molar-refractivity contribution >= 4 is 28.9 Å². The number of ketones is 2. The molecule has 0 radical (unpaired) electrons. The molecule has 0 saturated heterocycles. The van der Waals surface area contributed by atoms with Gasteiger partial charge in [-0.3, -0.25) is 14.4 Å². The Morgan fingerprint density at radius 1 is 1.00 bits per heavy atom. The van der Waals surface area contributed by atoms with Gasteiger partial charge in [0.15, 0.2) is 11.4 Å². The highest BCUT2D eigenvalue weighted by molar-refractivity contribution is 6.22. The summed E-state index contributed by atoms with van der Waals surface area (Å²) in [4.78, 5) is 37.7. The summed E-state index contributed by atoms with van der Waals surface area (Å²) < 4.78 is 0. The van der Waals surface area contributed by atoms with Gasteiger partial charge in [-0.05, 0) is 66.5 Å². The number of carbonyl (C=O) groups is 3. The summed E-state index contributed by atoms with van der Waals surface area (Å²) in [5.41, 5.74) is 10.9. The van der Waals surface area contributed by atoms with Crippen LogP contribution in [-0.4, -0.2) is 43.5 Å². The number of rotatable bonds is 4. The van der Waals surface area contributed by atoms with Crippen LogP contribution in [0.4, 0.5) is 5.69 Å². The molecule has 3 atom stereocenters. The Kier molecular flexibility index (Phi) is 5.40. The van der Waals surface area contributed by atoms with Gasteiger partial charge in [0.05, 0.1) is 5.56 Å². The normalized spacial score (nSPS) is 25.4. The third kappa shape index (κ3) is 3.38. The van der Waals surface area contributed by atoms with Crippen LogP contribution < -0.4 is 11.5 Å². The Hall–Kier alpha value is -4.11. The van der Waals surface area contributed by atoms with E-state index in [-0.39, 0.29) is 29.7 Å². The van der Waals surface area contributed by atoms with Crippen LogP contribution in [0.25, 0.3) is 5.76 Å². The topological polar surface area (TPSA) is 184 Å². The fraction of sp³-hybridized carbons (Fsp3) is 0.296. The number of nitrogens with two attached hydrogens (primary N) is 2. The summed E-state index contributed by atoms with van der Waals surface area (Å²) in [5, 5.41) is 43.7. The largest absolute Gasteiger partial charge is 0.508 e. The molecule has 1 saturated carbocycles. The lowest BCUT2D eigenvalue weighted by Crippen LogP contribution is -2.58. The van der Waals surface area contributed by atoms with Crippen LogP contribution in [-0.2, 0) is 33.6 Å². The number of amides is 1. The minimum atomic E-state index is -2.56. The highest BCUT2D eigenvalue weighted by Gasteiger charge is 2.60. The molecule has 3 aliphatic carbocycles. The van der Waals surface area contributed by atoms with E-state index in [1.54, 1.807) is 6.07 Å². The van der Waals surface area contributed by atoms with Gasteiger partial charge in [0, 0.05) is 23.6 Å². The fourth-order valence-electron chi connectivity index (χ4n) is 5.88. The number of aromatic hydroxyl groups is 1. The molecule has 0 bridgehead atoms. The number of aryl methyl sites for hydroxylation is 2. The van der Waals surface area contributed by atoms with Gasteiger partial charge in [0.2, 0.25) is 5.78 Å². The van der Waals surface area contributed by atoms with E-state index in [1.165, 1.54) is 6.07 Å². The zero-order valence-corrected chi connectivity index (χ0v) is 19.3. The van der Waals surface area contributed by atoms with E-state index in [2.05, 4.69) is 0 Å². The SMILES string of the molecule is NC(=O)C1=C(O)C2(O)C(=O)C3=C(O)c4c(O)ccc(CCc5ccc(N)cc5)c4CC3CC2CC1=O. The highest BCUT2D eigenvalue weighted by atomic mass is 16.3. The van der Waals surface area contributed by atoms with Crippen LogP contribution in [0.15, 0.2) is 53.3 Å². The van der Waals surface area contributed by atoms with E-state index in [4.69, 9.17) is 11.5 Å². The predicted molar refractivity (Wildman–Crippen MR) is 130 cm³/mol. The molecule has 0 heterocycles. The second-order valence-corrected chi connectivity index (χ2v) is 9.75. The number of Topliss-reactive ketones (excluding diaryl/α,β-unsaturated/α-hetero) is 2. The minimum absolute atomic E-state index is 0.107. The van der Waals surface area contributed by atoms with Crippen molar-refractivity contribution in [2.24, 2.45) is 17.6 Å².